The van der Waals surface area contributed by atoms with Gasteiger partial charge in [0, 0.05) is 13.1 Å². The molecule has 1 atom stereocenters. The number of hydrogen-bond donors (Lipinski definition) is 0. The van der Waals surface area contributed by atoms with E-state index in [0.717, 1.165) is 25.3 Å². The van der Waals surface area contributed by atoms with E-state index in [9.17, 15) is 0 Å². The van der Waals surface area contributed by atoms with Crippen molar-refractivity contribution in [1.82, 2.24) is 4.90 Å². The van der Waals surface area contributed by atoms with Gasteiger partial charge < -0.3 is 4.74 Å². The molecule has 0 N–H and O–H groups in total. The predicted octanol–water partition coefficient (Wildman–Crippen LogP) is 2.47. The number of benzene rings is 1. The second-order valence-electron chi connectivity index (χ2n) is 4.24. The maximum Gasteiger partial charge on any atom is 0.120 e. The molecule has 0 amide bonds. The molecule has 1 aromatic rings. The van der Waals surface area contributed by atoms with Crippen LogP contribution in [0.3, 0.4) is 0 Å². The lowest BCUT2D eigenvalue weighted by Crippen LogP contribution is -2.24. The summed E-state index contributed by atoms with van der Waals surface area (Å²) in [6.07, 6.45) is 1.54. The van der Waals surface area contributed by atoms with Crippen LogP contribution in [-0.2, 0) is 0 Å². The molecule has 0 spiro atoms. The number of likely N-dealkylation sites (tertiary alicyclic amines) is 1. The van der Waals surface area contributed by atoms with Crippen LogP contribution in [0, 0.1) is 6.92 Å². The zero-order valence-electron chi connectivity index (χ0n) is 9.57. The SMILES string of the molecule is CCN1CCC(Oc2cccc(C)c2)C1. The Hall–Kier alpha value is -1.02. The lowest BCUT2D eigenvalue weighted by atomic mass is 10.2. The van der Waals surface area contributed by atoms with E-state index in [1.807, 2.05) is 6.07 Å². The fourth-order valence-corrected chi connectivity index (χ4v) is 2.06. The van der Waals surface area contributed by atoms with E-state index in [1.165, 1.54) is 12.1 Å². The van der Waals surface area contributed by atoms with E-state index in [1.54, 1.807) is 0 Å². The molecular weight excluding hydrogens is 186 g/mol. The molecule has 82 valence electrons. The third-order valence-electron chi connectivity index (χ3n) is 2.97. The van der Waals surface area contributed by atoms with Crippen molar-refractivity contribution in [3.8, 4) is 5.75 Å². The predicted molar refractivity (Wildman–Crippen MR) is 62.3 cm³/mol. The Morgan fingerprint density at radius 1 is 1.47 bits per heavy atom. The van der Waals surface area contributed by atoms with Crippen molar-refractivity contribution in [3.63, 3.8) is 0 Å². The van der Waals surface area contributed by atoms with E-state index in [-0.39, 0.29) is 0 Å². The van der Waals surface area contributed by atoms with Crippen LogP contribution in [0.1, 0.15) is 18.9 Å². The third-order valence-corrected chi connectivity index (χ3v) is 2.97. The maximum atomic E-state index is 5.95. The van der Waals surface area contributed by atoms with Gasteiger partial charge in [-0.15, -0.1) is 0 Å². The minimum atomic E-state index is 0.381. The van der Waals surface area contributed by atoms with Gasteiger partial charge in [0.1, 0.15) is 11.9 Å². The summed E-state index contributed by atoms with van der Waals surface area (Å²) < 4.78 is 5.95. The summed E-state index contributed by atoms with van der Waals surface area (Å²) in [7, 11) is 0. The molecule has 2 nitrogen and oxygen atoms in total. The number of rotatable bonds is 3. The van der Waals surface area contributed by atoms with Crippen molar-refractivity contribution in [1.29, 1.82) is 0 Å². The van der Waals surface area contributed by atoms with Gasteiger partial charge in [0.05, 0.1) is 0 Å². The summed E-state index contributed by atoms with van der Waals surface area (Å²) >= 11 is 0. The van der Waals surface area contributed by atoms with Crippen molar-refractivity contribution >= 4 is 0 Å². The fourth-order valence-electron chi connectivity index (χ4n) is 2.06. The Balaban J connectivity index is 1.92. The quantitative estimate of drug-likeness (QED) is 0.751. The van der Waals surface area contributed by atoms with Gasteiger partial charge in [-0.3, -0.25) is 4.90 Å². The molecule has 0 radical (unpaired) electrons. The van der Waals surface area contributed by atoms with Gasteiger partial charge in [0.15, 0.2) is 0 Å². The first-order valence-corrected chi connectivity index (χ1v) is 5.73. The normalized spacial score (nSPS) is 21.9. The molecule has 1 heterocycles. The molecule has 0 aromatic heterocycles. The summed E-state index contributed by atoms with van der Waals surface area (Å²) in [6.45, 7) is 7.68. The molecule has 0 bridgehead atoms. The molecule has 2 rings (SSSR count). The van der Waals surface area contributed by atoms with Crippen molar-refractivity contribution in [2.45, 2.75) is 26.4 Å². The van der Waals surface area contributed by atoms with E-state index < -0.39 is 0 Å². The fraction of sp³-hybridized carbons (Fsp3) is 0.538. The van der Waals surface area contributed by atoms with Crippen LogP contribution in [0.15, 0.2) is 24.3 Å². The molecule has 2 heteroatoms. The molecule has 1 saturated heterocycles. The van der Waals surface area contributed by atoms with Gasteiger partial charge in [-0.25, -0.2) is 0 Å². The second-order valence-corrected chi connectivity index (χ2v) is 4.24. The zero-order valence-corrected chi connectivity index (χ0v) is 9.57. The molecular formula is C13H19NO. The first-order chi connectivity index (χ1) is 7.28. The van der Waals surface area contributed by atoms with Crippen LogP contribution < -0.4 is 4.74 Å². The molecule has 1 aromatic carbocycles. The smallest absolute Gasteiger partial charge is 0.120 e. The highest BCUT2D eigenvalue weighted by molar-refractivity contribution is 5.27. The molecule has 0 aliphatic carbocycles. The summed E-state index contributed by atoms with van der Waals surface area (Å²) in [6, 6.07) is 8.30. The monoisotopic (exact) mass is 205 g/mol. The van der Waals surface area contributed by atoms with Gasteiger partial charge in [-0.1, -0.05) is 19.1 Å². The number of likely N-dealkylation sites (N-methyl/N-ethyl adjacent to an activating group) is 1. The average molecular weight is 205 g/mol. The van der Waals surface area contributed by atoms with Crippen molar-refractivity contribution < 1.29 is 4.74 Å². The second kappa shape index (κ2) is 4.67. The van der Waals surface area contributed by atoms with Gasteiger partial charge in [0.2, 0.25) is 0 Å². The van der Waals surface area contributed by atoms with Gasteiger partial charge in [0.25, 0.3) is 0 Å². The third kappa shape index (κ3) is 2.72. The average Bonchev–Trinajstić information content (AvgIpc) is 2.65. The van der Waals surface area contributed by atoms with E-state index in [2.05, 4.69) is 36.9 Å². The molecule has 1 unspecified atom stereocenters. The minimum Gasteiger partial charge on any atom is -0.489 e. The highest BCUT2D eigenvalue weighted by Crippen LogP contribution is 2.19. The highest BCUT2D eigenvalue weighted by atomic mass is 16.5. The van der Waals surface area contributed by atoms with Crippen LogP contribution in [0.25, 0.3) is 0 Å². The molecule has 15 heavy (non-hydrogen) atoms. The Morgan fingerprint density at radius 3 is 3.00 bits per heavy atom. The van der Waals surface area contributed by atoms with Crippen LogP contribution in [0.2, 0.25) is 0 Å². The summed E-state index contributed by atoms with van der Waals surface area (Å²) in [5.74, 6) is 1.01. The van der Waals surface area contributed by atoms with Gasteiger partial charge in [-0.05, 0) is 37.6 Å². The Labute approximate surface area is 91.9 Å². The van der Waals surface area contributed by atoms with Crippen LogP contribution in [0.4, 0.5) is 0 Å². The Morgan fingerprint density at radius 2 is 2.33 bits per heavy atom. The first kappa shape index (κ1) is 10.5. The van der Waals surface area contributed by atoms with E-state index >= 15 is 0 Å². The Bertz CT molecular complexity index is 324. The number of aryl methyl sites for hydroxylation is 1. The van der Waals surface area contributed by atoms with Crippen molar-refractivity contribution in [3.05, 3.63) is 29.8 Å². The largest absolute Gasteiger partial charge is 0.489 e. The topological polar surface area (TPSA) is 12.5 Å². The van der Waals surface area contributed by atoms with E-state index in [0.29, 0.717) is 6.10 Å². The molecule has 0 saturated carbocycles. The number of hydrogen-bond acceptors (Lipinski definition) is 2. The van der Waals surface area contributed by atoms with Crippen LogP contribution in [-0.4, -0.2) is 30.6 Å². The van der Waals surface area contributed by atoms with Crippen LogP contribution >= 0.6 is 0 Å². The summed E-state index contributed by atoms with van der Waals surface area (Å²) in [5, 5.41) is 0. The van der Waals surface area contributed by atoms with Crippen molar-refractivity contribution in [2.24, 2.45) is 0 Å². The van der Waals surface area contributed by atoms with Crippen molar-refractivity contribution in [2.75, 3.05) is 19.6 Å². The van der Waals surface area contributed by atoms with E-state index in [4.69, 9.17) is 4.74 Å². The number of ether oxygens (including phenoxy) is 1. The lowest BCUT2D eigenvalue weighted by Gasteiger charge is -2.15. The lowest BCUT2D eigenvalue weighted by molar-refractivity contribution is 0.202. The van der Waals surface area contributed by atoms with Crippen LogP contribution in [0.5, 0.6) is 5.75 Å². The van der Waals surface area contributed by atoms with Gasteiger partial charge >= 0.3 is 0 Å². The summed E-state index contributed by atoms with van der Waals surface area (Å²) in [4.78, 5) is 2.43. The Kier molecular flexibility index (Phi) is 3.27. The summed E-state index contributed by atoms with van der Waals surface area (Å²) in [5.41, 5.74) is 1.26. The number of nitrogens with zero attached hydrogens (tertiary/aromatic N) is 1. The first-order valence-electron chi connectivity index (χ1n) is 5.73. The molecule has 1 aliphatic heterocycles. The van der Waals surface area contributed by atoms with Gasteiger partial charge in [-0.2, -0.15) is 0 Å². The maximum absolute atomic E-state index is 5.95. The molecule has 1 fully saturated rings. The standard InChI is InChI=1S/C13H19NO/c1-3-14-8-7-13(10-14)15-12-6-4-5-11(2)9-12/h4-6,9,13H,3,7-8,10H2,1-2H3. The zero-order chi connectivity index (χ0) is 10.7. The minimum absolute atomic E-state index is 0.381. The highest BCUT2D eigenvalue weighted by Gasteiger charge is 2.22. The molecule has 1 aliphatic rings.